The van der Waals surface area contributed by atoms with Gasteiger partial charge in [-0.25, -0.2) is 4.39 Å². The first kappa shape index (κ1) is 17.0. The molecule has 124 valence electrons. The fourth-order valence-electron chi connectivity index (χ4n) is 2.83. The number of amides is 1. The van der Waals surface area contributed by atoms with E-state index in [1.165, 1.54) is 30.0 Å². The van der Waals surface area contributed by atoms with Crippen LogP contribution in [0.4, 0.5) is 10.1 Å². The normalized spacial score (nSPS) is 15.4. The molecule has 1 amide bonds. The average Bonchev–Trinajstić information content (AvgIpc) is 2.95. The highest BCUT2D eigenvalue weighted by Gasteiger charge is 2.27. The summed E-state index contributed by atoms with van der Waals surface area (Å²) in [6.45, 7) is 0. The minimum absolute atomic E-state index is 0.182. The molecule has 2 aromatic carbocycles. The number of nitrogens with one attached hydrogen (secondary N) is 1. The largest absolute Gasteiger partial charge is 0.321 e. The molecule has 3 rings (SSSR count). The summed E-state index contributed by atoms with van der Waals surface area (Å²) >= 11 is 1.46. The highest BCUT2D eigenvalue weighted by molar-refractivity contribution is 8.02. The van der Waals surface area contributed by atoms with Crippen LogP contribution < -0.4 is 5.32 Å². The molecule has 1 heterocycles. The maximum absolute atomic E-state index is 13.3. The molecule has 1 aliphatic rings. The van der Waals surface area contributed by atoms with Crippen molar-refractivity contribution in [1.29, 1.82) is 5.26 Å². The number of nitriles is 1. The van der Waals surface area contributed by atoms with E-state index in [0.29, 0.717) is 12.0 Å². The van der Waals surface area contributed by atoms with Crippen LogP contribution >= 0.6 is 11.8 Å². The second-order valence-corrected chi connectivity index (χ2v) is 6.41. The van der Waals surface area contributed by atoms with E-state index in [0.717, 1.165) is 27.3 Å². The number of halogens is 1. The van der Waals surface area contributed by atoms with Crippen molar-refractivity contribution in [3.63, 3.8) is 0 Å². The van der Waals surface area contributed by atoms with Gasteiger partial charge in [0.25, 0.3) is 5.91 Å². The predicted molar refractivity (Wildman–Crippen MR) is 100 cm³/mol. The lowest BCUT2D eigenvalue weighted by Gasteiger charge is -2.13. The van der Waals surface area contributed by atoms with Crippen molar-refractivity contribution >= 4 is 34.5 Å². The van der Waals surface area contributed by atoms with Gasteiger partial charge in [0, 0.05) is 23.7 Å². The summed E-state index contributed by atoms with van der Waals surface area (Å²) in [6, 6.07) is 15.6. The van der Waals surface area contributed by atoms with Crippen LogP contribution in [-0.2, 0) is 4.79 Å². The molecule has 0 unspecified atom stereocenters. The number of thioether (sulfide) groups is 1. The maximum Gasteiger partial charge on any atom is 0.256 e. The number of carbonyl (C=O) groups excluding carboxylic acids is 1. The molecule has 1 N–H and O–H groups in total. The lowest BCUT2D eigenvalue weighted by atomic mass is 9.93. The van der Waals surface area contributed by atoms with Gasteiger partial charge < -0.3 is 5.32 Å². The molecule has 1 aliphatic heterocycles. The molecule has 0 saturated heterocycles. The standard InChI is InChI=1S/C20H15FN2OS/c1-25-15(10-11-22)12-17(13-6-8-14(21)9-7-13)19-16-4-2-3-5-18(16)23-20(19)24/h2-10H,12H2,1H3,(H,23,24)/b15-10-,19-17-. The molecule has 5 heteroatoms. The van der Waals surface area contributed by atoms with Crippen molar-refractivity contribution in [2.75, 3.05) is 11.6 Å². The number of carbonyl (C=O) groups is 1. The van der Waals surface area contributed by atoms with Crippen LogP contribution in [0, 0.1) is 17.1 Å². The van der Waals surface area contributed by atoms with Gasteiger partial charge in [-0.05, 0) is 40.5 Å². The molecule has 0 bridgehead atoms. The van der Waals surface area contributed by atoms with E-state index in [9.17, 15) is 9.18 Å². The van der Waals surface area contributed by atoms with Gasteiger partial charge in [0.1, 0.15) is 5.82 Å². The van der Waals surface area contributed by atoms with Crippen molar-refractivity contribution in [3.8, 4) is 6.07 Å². The zero-order chi connectivity index (χ0) is 17.8. The zero-order valence-corrected chi connectivity index (χ0v) is 14.4. The van der Waals surface area contributed by atoms with Gasteiger partial charge in [0.2, 0.25) is 0 Å². The number of rotatable bonds is 4. The molecule has 0 aliphatic carbocycles. The van der Waals surface area contributed by atoms with Crippen LogP contribution in [0.15, 0.2) is 59.5 Å². The van der Waals surface area contributed by atoms with Crippen molar-refractivity contribution in [1.82, 2.24) is 0 Å². The van der Waals surface area contributed by atoms with Crippen molar-refractivity contribution in [3.05, 3.63) is 76.5 Å². The Balaban J connectivity index is 2.21. The van der Waals surface area contributed by atoms with Crippen LogP contribution in [0.25, 0.3) is 11.1 Å². The summed E-state index contributed by atoms with van der Waals surface area (Å²) in [6.07, 6.45) is 3.80. The quantitative estimate of drug-likeness (QED) is 0.633. The third kappa shape index (κ3) is 3.49. The Bertz CT molecular complexity index is 923. The smallest absolute Gasteiger partial charge is 0.256 e. The molecule has 0 fully saturated rings. The van der Waals surface area contributed by atoms with E-state index in [1.807, 2.05) is 36.6 Å². The summed E-state index contributed by atoms with van der Waals surface area (Å²) < 4.78 is 13.3. The summed E-state index contributed by atoms with van der Waals surface area (Å²) in [7, 11) is 0. The highest BCUT2D eigenvalue weighted by atomic mass is 32.2. The number of anilines is 1. The molecular formula is C20H15FN2OS. The van der Waals surface area contributed by atoms with Gasteiger partial charge in [-0.1, -0.05) is 30.3 Å². The second kappa shape index (κ2) is 7.37. The van der Waals surface area contributed by atoms with E-state index >= 15 is 0 Å². The Morgan fingerprint density at radius 3 is 2.64 bits per heavy atom. The first-order chi connectivity index (χ1) is 12.1. The Morgan fingerprint density at radius 1 is 1.24 bits per heavy atom. The molecule has 0 atom stereocenters. The van der Waals surface area contributed by atoms with Crippen LogP contribution in [-0.4, -0.2) is 12.2 Å². The average molecular weight is 350 g/mol. The highest BCUT2D eigenvalue weighted by Crippen LogP contribution is 2.40. The molecule has 0 spiro atoms. The van der Waals surface area contributed by atoms with Crippen LogP contribution in [0.3, 0.4) is 0 Å². The van der Waals surface area contributed by atoms with Crippen LogP contribution in [0.1, 0.15) is 17.5 Å². The topological polar surface area (TPSA) is 52.9 Å². The van der Waals surface area contributed by atoms with E-state index in [2.05, 4.69) is 5.32 Å². The molecule has 0 aromatic heterocycles. The third-order valence-electron chi connectivity index (χ3n) is 4.00. The van der Waals surface area contributed by atoms with Crippen molar-refractivity contribution < 1.29 is 9.18 Å². The van der Waals surface area contributed by atoms with E-state index < -0.39 is 0 Å². The zero-order valence-electron chi connectivity index (χ0n) is 13.5. The first-order valence-electron chi connectivity index (χ1n) is 7.66. The minimum atomic E-state index is -0.331. The Hall–Kier alpha value is -2.84. The van der Waals surface area contributed by atoms with Gasteiger partial charge in [-0.15, -0.1) is 11.8 Å². The molecule has 3 nitrogen and oxygen atoms in total. The van der Waals surface area contributed by atoms with Crippen molar-refractivity contribution in [2.24, 2.45) is 0 Å². The Kier molecular flexibility index (Phi) is 5.01. The predicted octanol–water partition coefficient (Wildman–Crippen LogP) is 4.85. The van der Waals surface area contributed by atoms with Gasteiger partial charge in [-0.3, -0.25) is 4.79 Å². The Morgan fingerprint density at radius 2 is 1.96 bits per heavy atom. The van der Waals surface area contributed by atoms with E-state index in [4.69, 9.17) is 5.26 Å². The SMILES string of the molecule is CS/C(=C\C#N)C/C(=C1/C(=O)Nc2ccccc21)c1ccc(F)cc1. The van der Waals surface area contributed by atoms with E-state index in [1.54, 1.807) is 12.1 Å². The fourth-order valence-corrected chi connectivity index (χ4v) is 3.29. The van der Waals surface area contributed by atoms with Crippen molar-refractivity contribution in [2.45, 2.75) is 6.42 Å². The number of allylic oxidation sites excluding steroid dienone is 3. The Labute approximate surface area is 149 Å². The molecule has 25 heavy (non-hydrogen) atoms. The number of benzene rings is 2. The number of hydrogen-bond donors (Lipinski definition) is 1. The third-order valence-corrected chi connectivity index (χ3v) is 4.79. The summed E-state index contributed by atoms with van der Waals surface area (Å²) in [4.78, 5) is 13.4. The number of para-hydroxylation sites is 1. The number of hydrogen-bond acceptors (Lipinski definition) is 3. The lowest BCUT2D eigenvalue weighted by Crippen LogP contribution is -2.06. The second-order valence-electron chi connectivity index (χ2n) is 5.48. The van der Waals surface area contributed by atoms with Gasteiger partial charge in [0.15, 0.2) is 0 Å². The van der Waals surface area contributed by atoms with Gasteiger partial charge >= 0.3 is 0 Å². The minimum Gasteiger partial charge on any atom is -0.321 e. The fraction of sp³-hybridized carbons (Fsp3) is 0.100. The first-order valence-corrected chi connectivity index (χ1v) is 8.89. The summed E-state index contributed by atoms with van der Waals surface area (Å²) in [5, 5.41) is 11.8. The molecule has 0 saturated carbocycles. The summed E-state index contributed by atoms with van der Waals surface area (Å²) in [5.41, 5.74) is 3.70. The van der Waals surface area contributed by atoms with Gasteiger partial charge in [0.05, 0.1) is 11.6 Å². The monoisotopic (exact) mass is 350 g/mol. The van der Waals surface area contributed by atoms with Gasteiger partial charge in [-0.2, -0.15) is 5.26 Å². The van der Waals surface area contributed by atoms with Crippen LogP contribution in [0.5, 0.6) is 0 Å². The molecule has 0 radical (unpaired) electrons. The van der Waals surface area contributed by atoms with E-state index in [-0.39, 0.29) is 11.7 Å². The summed E-state index contributed by atoms with van der Waals surface area (Å²) in [5.74, 6) is -0.514. The lowest BCUT2D eigenvalue weighted by molar-refractivity contribution is -0.110. The maximum atomic E-state index is 13.3. The van der Waals surface area contributed by atoms with Crippen LogP contribution in [0.2, 0.25) is 0 Å². The number of fused-ring (bicyclic) bond motifs is 1. The number of nitrogens with zero attached hydrogens (tertiary/aromatic N) is 1. The molecule has 2 aromatic rings. The molecular weight excluding hydrogens is 335 g/mol.